The molecule has 0 fully saturated rings. The van der Waals surface area contributed by atoms with Gasteiger partial charge in [-0.3, -0.25) is 4.79 Å². The van der Waals surface area contributed by atoms with Crippen LogP contribution in [0.1, 0.15) is 37.0 Å². The fraction of sp³-hybridized carbons (Fsp3) is 0.500. The van der Waals surface area contributed by atoms with Crippen molar-refractivity contribution in [1.29, 1.82) is 0 Å². The predicted molar refractivity (Wildman–Crippen MR) is 82.3 cm³/mol. The number of nitrogens with one attached hydrogen (secondary N) is 1. The minimum Gasteiger partial charge on any atom is -0.493 e. The Balaban J connectivity index is 2.57. The van der Waals surface area contributed by atoms with Crippen molar-refractivity contribution in [3.8, 4) is 11.5 Å². The Labute approximate surface area is 130 Å². The van der Waals surface area contributed by atoms with Crippen LogP contribution in [-0.4, -0.2) is 38.7 Å². The van der Waals surface area contributed by atoms with Crippen molar-refractivity contribution in [3.63, 3.8) is 0 Å². The van der Waals surface area contributed by atoms with Crippen molar-refractivity contribution in [2.24, 2.45) is 0 Å². The molecule has 0 aliphatic carbocycles. The molecule has 1 rings (SSSR count). The topological polar surface area (TPSA) is 73.9 Å². The van der Waals surface area contributed by atoms with E-state index in [1.54, 1.807) is 12.1 Å². The van der Waals surface area contributed by atoms with Crippen molar-refractivity contribution in [1.82, 2.24) is 5.32 Å². The number of amides is 1. The highest BCUT2D eigenvalue weighted by atomic mass is 16.5. The van der Waals surface area contributed by atoms with E-state index in [4.69, 9.17) is 14.2 Å². The van der Waals surface area contributed by atoms with Crippen LogP contribution in [0.4, 0.5) is 0 Å². The number of benzene rings is 1. The molecule has 0 bridgehead atoms. The highest BCUT2D eigenvalue weighted by Crippen LogP contribution is 2.27. The van der Waals surface area contributed by atoms with Gasteiger partial charge >= 0.3 is 5.97 Å². The Morgan fingerprint density at radius 3 is 2.45 bits per heavy atom. The normalized spacial score (nSPS) is 11.5. The van der Waals surface area contributed by atoms with Gasteiger partial charge in [0, 0.05) is 6.04 Å². The first-order valence-electron chi connectivity index (χ1n) is 7.20. The van der Waals surface area contributed by atoms with Crippen molar-refractivity contribution in [2.75, 3.05) is 20.8 Å². The maximum Gasteiger partial charge on any atom is 0.338 e. The zero-order valence-corrected chi connectivity index (χ0v) is 13.5. The lowest BCUT2D eigenvalue weighted by atomic mass is 10.2. The highest BCUT2D eigenvalue weighted by Gasteiger charge is 2.14. The Hall–Kier alpha value is -2.24. The van der Waals surface area contributed by atoms with Crippen molar-refractivity contribution < 1.29 is 23.8 Å². The molecular weight excluding hydrogens is 286 g/mol. The Bertz CT molecular complexity index is 515. The zero-order valence-electron chi connectivity index (χ0n) is 13.5. The van der Waals surface area contributed by atoms with E-state index in [0.29, 0.717) is 17.1 Å². The van der Waals surface area contributed by atoms with E-state index in [2.05, 4.69) is 5.32 Å². The molecule has 0 radical (unpaired) electrons. The van der Waals surface area contributed by atoms with Gasteiger partial charge in [0.05, 0.1) is 19.8 Å². The van der Waals surface area contributed by atoms with Gasteiger partial charge in [-0.2, -0.15) is 0 Å². The molecule has 1 amide bonds. The summed E-state index contributed by atoms with van der Waals surface area (Å²) in [5, 5.41) is 2.77. The second-order valence-electron chi connectivity index (χ2n) is 4.90. The molecule has 22 heavy (non-hydrogen) atoms. The largest absolute Gasteiger partial charge is 0.493 e. The molecule has 6 heteroatoms. The van der Waals surface area contributed by atoms with E-state index in [0.717, 1.165) is 12.8 Å². The van der Waals surface area contributed by atoms with Gasteiger partial charge < -0.3 is 19.5 Å². The lowest BCUT2D eigenvalue weighted by Gasteiger charge is -2.13. The van der Waals surface area contributed by atoms with Crippen LogP contribution in [-0.2, 0) is 9.53 Å². The van der Waals surface area contributed by atoms with E-state index in [-0.39, 0.29) is 18.6 Å². The van der Waals surface area contributed by atoms with Crippen LogP contribution in [0.25, 0.3) is 0 Å². The third-order valence-corrected chi connectivity index (χ3v) is 3.08. The summed E-state index contributed by atoms with van der Waals surface area (Å²) < 4.78 is 15.2. The maximum atomic E-state index is 11.9. The molecule has 1 atom stereocenters. The molecule has 0 aromatic heterocycles. The third kappa shape index (κ3) is 5.27. The van der Waals surface area contributed by atoms with Gasteiger partial charge in [-0.1, -0.05) is 13.3 Å². The molecule has 1 aromatic rings. The van der Waals surface area contributed by atoms with E-state index >= 15 is 0 Å². The van der Waals surface area contributed by atoms with Gasteiger partial charge in [-0.25, -0.2) is 4.79 Å². The first-order chi connectivity index (χ1) is 10.5. The van der Waals surface area contributed by atoms with Crippen LogP contribution in [0, 0.1) is 0 Å². The fourth-order valence-corrected chi connectivity index (χ4v) is 2.00. The minimum absolute atomic E-state index is 0.0669. The van der Waals surface area contributed by atoms with Crippen molar-refractivity contribution in [3.05, 3.63) is 23.8 Å². The van der Waals surface area contributed by atoms with Crippen LogP contribution in [0.15, 0.2) is 18.2 Å². The number of ether oxygens (including phenoxy) is 3. The molecule has 0 saturated carbocycles. The van der Waals surface area contributed by atoms with Crippen molar-refractivity contribution >= 4 is 11.9 Å². The third-order valence-electron chi connectivity index (χ3n) is 3.08. The van der Waals surface area contributed by atoms with Gasteiger partial charge in [0.25, 0.3) is 5.91 Å². The summed E-state index contributed by atoms with van der Waals surface area (Å²) in [6.07, 6.45) is 1.86. The second kappa shape index (κ2) is 8.92. The number of methoxy groups -OCH3 is 2. The second-order valence-corrected chi connectivity index (χ2v) is 4.90. The maximum absolute atomic E-state index is 11.9. The molecule has 1 unspecified atom stereocenters. The van der Waals surface area contributed by atoms with E-state index < -0.39 is 5.97 Å². The number of hydrogen-bond donors (Lipinski definition) is 1. The van der Waals surface area contributed by atoms with Gasteiger partial charge in [0.1, 0.15) is 0 Å². The lowest BCUT2D eigenvalue weighted by molar-refractivity contribution is -0.124. The summed E-state index contributed by atoms with van der Waals surface area (Å²) in [7, 11) is 2.99. The van der Waals surface area contributed by atoms with Crippen LogP contribution in [0.3, 0.4) is 0 Å². The summed E-state index contributed by atoms with van der Waals surface area (Å²) in [6.45, 7) is 3.65. The number of carbonyl (C=O) groups is 2. The van der Waals surface area contributed by atoms with E-state index in [9.17, 15) is 9.59 Å². The van der Waals surface area contributed by atoms with Crippen LogP contribution in [0.5, 0.6) is 11.5 Å². The Kier molecular flexibility index (Phi) is 7.22. The molecule has 0 aliphatic heterocycles. The lowest BCUT2D eigenvalue weighted by Crippen LogP contribution is -2.35. The SMILES string of the molecule is CCCC(C)NC(=O)COC(=O)c1ccc(OC)c(OC)c1. The summed E-state index contributed by atoms with van der Waals surface area (Å²) in [4.78, 5) is 23.6. The Morgan fingerprint density at radius 2 is 1.86 bits per heavy atom. The van der Waals surface area contributed by atoms with Gasteiger partial charge in [0.2, 0.25) is 0 Å². The number of carbonyl (C=O) groups excluding carboxylic acids is 2. The average molecular weight is 309 g/mol. The minimum atomic E-state index is -0.584. The summed E-state index contributed by atoms with van der Waals surface area (Å²) >= 11 is 0. The van der Waals surface area contributed by atoms with Gasteiger partial charge in [-0.05, 0) is 31.5 Å². The Morgan fingerprint density at radius 1 is 1.18 bits per heavy atom. The van der Waals surface area contributed by atoms with Gasteiger partial charge in [-0.15, -0.1) is 0 Å². The molecular formula is C16H23NO5. The highest BCUT2D eigenvalue weighted by molar-refractivity contribution is 5.92. The molecule has 0 aliphatic rings. The first-order valence-corrected chi connectivity index (χ1v) is 7.20. The first kappa shape index (κ1) is 17.8. The number of esters is 1. The summed E-state index contributed by atoms with van der Waals surface area (Å²) in [5.41, 5.74) is 0.298. The molecule has 0 saturated heterocycles. The standard InChI is InChI=1S/C16H23NO5/c1-5-6-11(2)17-15(18)10-22-16(19)12-7-8-13(20-3)14(9-12)21-4/h7-9,11H,5-6,10H2,1-4H3,(H,17,18). The summed E-state index contributed by atoms with van der Waals surface area (Å²) in [6, 6.07) is 4.75. The number of hydrogen-bond acceptors (Lipinski definition) is 5. The molecule has 0 spiro atoms. The smallest absolute Gasteiger partial charge is 0.338 e. The van der Waals surface area contributed by atoms with E-state index in [1.165, 1.54) is 20.3 Å². The zero-order chi connectivity index (χ0) is 16.5. The monoisotopic (exact) mass is 309 g/mol. The quantitative estimate of drug-likeness (QED) is 0.745. The molecule has 1 N–H and O–H groups in total. The summed E-state index contributed by atoms with van der Waals surface area (Å²) in [5.74, 6) is 0.0529. The van der Waals surface area contributed by atoms with Crippen LogP contribution >= 0.6 is 0 Å². The predicted octanol–water partition coefficient (Wildman–Crippen LogP) is 2.17. The molecule has 6 nitrogen and oxygen atoms in total. The van der Waals surface area contributed by atoms with Gasteiger partial charge in [0.15, 0.2) is 18.1 Å². The van der Waals surface area contributed by atoms with Crippen LogP contribution in [0.2, 0.25) is 0 Å². The van der Waals surface area contributed by atoms with Crippen molar-refractivity contribution in [2.45, 2.75) is 32.7 Å². The molecule has 1 aromatic carbocycles. The van der Waals surface area contributed by atoms with Crippen LogP contribution < -0.4 is 14.8 Å². The average Bonchev–Trinajstić information content (AvgIpc) is 2.52. The number of rotatable bonds is 8. The van der Waals surface area contributed by atoms with E-state index in [1.807, 2.05) is 13.8 Å². The molecule has 0 heterocycles. The fourth-order valence-electron chi connectivity index (χ4n) is 2.00. The molecule has 122 valence electrons.